The predicted octanol–water partition coefficient (Wildman–Crippen LogP) is 1.56. The average Bonchev–Trinajstić information content (AvgIpc) is 2.58. The highest BCUT2D eigenvalue weighted by molar-refractivity contribution is 5.78. The number of hydrogen-bond acceptors (Lipinski definition) is 3. The Hall–Kier alpha value is -0.610. The summed E-state index contributed by atoms with van der Waals surface area (Å²) >= 11 is 0. The van der Waals surface area contributed by atoms with Gasteiger partial charge in [-0.05, 0) is 32.2 Å². The maximum atomic E-state index is 11.9. The highest BCUT2D eigenvalue weighted by Gasteiger charge is 2.28. The minimum absolute atomic E-state index is 0.0112. The van der Waals surface area contributed by atoms with Gasteiger partial charge in [0.2, 0.25) is 5.91 Å². The molecule has 0 aromatic carbocycles. The van der Waals surface area contributed by atoms with Crippen LogP contribution in [0.4, 0.5) is 0 Å². The van der Waals surface area contributed by atoms with E-state index in [-0.39, 0.29) is 11.8 Å². The molecule has 1 amide bonds. The molecule has 1 aliphatic carbocycles. The van der Waals surface area contributed by atoms with E-state index >= 15 is 0 Å². The SMILES string of the molecule is CC(CCCN)C(=O)NCC1(O)CCCCCC1. The number of aliphatic hydroxyl groups is 1. The Labute approximate surface area is 110 Å². The van der Waals surface area contributed by atoms with Crippen molar-refractivity contribution in [3.8, 4) is 0 Å². The number of nitrogens with one attached hydrogen (secondary N) is 1. The standard InChI is InChI=1S/C14H28N2O2/c1-12(7-6-10-15)13(17)16-11-14(18)8-4-2-3-5-9-14/h12,18H,2-11,15H2,1H3,(H,16,17). The molecule has 1 fully saturated rings. The lowest BCUT2D eigenvalue weighted by Crippen LogP contribution is -2.44. The molecule has 0 aromatic rings. The van der Waals surface area contributed by atoms with Crippen molar-refractivity contribution in [1.82, 2.24) is 5.32 Å². The van der Waals surface area contributed by atoms with Crippen molar-refractivity contribution in [2.45, 2.75) is 63.9 Å². The van der Waals surface area contributed by atoms with Crippen LogP contribution < -0.4 is 11.1 Å². The van der Waals surface area contributed by atoms with Crippen LogP contribution in [-0.2, 0) is 4.79 Å². The van der Waals surface area contributed by atoms with Crippen LogP contribution >= 0.6 is 0 Å². The maximum absolute atomic E-state index is 11.9. The average molecular weight is 256 g/mol. The molecule has 0 radical (unpaired) electrons. The van der Waals surface area contributed by atoms with Crippen molar-refractivity contribution >= 4 is 5.91 Å². The normalized spacial score (nSPS) is 21.1. The summed E-state index contributed by atoms with van der Waals surface area (Å²) in [6.07, 6.45) is 7.84. The zero-order valence-corrected chi connectivity index (χ0v) is 11.6. The third-order valence-corrected chi connectivity index (χ3v) is 3.91. The Morgan fingerprint density at radius 2 is 1.94 bits per heavy atom. The molecule has 1 rings (SSSR count). The molecular formula is C14H28N2O2. The first-order valence-corrected chi connectivity index (χ1v) is 7.27. The van der Waals surface area contributed by atoms with Crippen molar-refractivity contribution < 1.29 is 9.90 Å². The van der Waals surface area contributed by atoms with Gasteiger partial charge in [0.25, 0.3) is 0 Å². The monoisotopic (exact) mass is 256 g/mol. The van der Waals surface area contributed by atoms with E-state index < -0.39 is 5.60 Å². The van der Waals surface area contributed by atoms with Gasteiger partial charge in [0.1, 0.15) is 0 Å². The van der Waals surface area contributed by atoms with Crippen LogP contribution in [0.2, 0.25) is 0 Å². The maximum Gasteiger partial charge on any atom is 0.222 e. The highest BCUT2D eigenvalue weighted by Crippen LogP contribution is 2.26. The molecule has 0 spiro atoms. The van der Waals surface area contributed by atoms with Gasteiger partial charge < -0.3 is 16.2 Å². The van der Waals surface area contributed by atoms with Gasteiger partial charge in [-0.2, -0.15) is 0 Å². The first-order chi connectivity index (χ1) is 8.57. The van der Waals surface area contributed by atoms with E-state index in [1.165, 1.54) is 12.8 Å². The topological polar surface area (TPSA) is 75.4 Å². The highest BCUT2D eigenvalue weighted by atomic mass is 16.3. The molecule has 0 aliphatic heterocycles. The molecule has 1 unspecified atom stereocenters. The van der Waals surface area contributed by atoms with E-state index in [1.54, 1.807) is 0 Å². The number of carbonyl (C=O) groups is 1. The van der Waals surface area contributed by atoms with E-state index in [2.05, 4.69) is 5.32 Å². The number of nitrogens with two attached hydrogens (primary N) is 1. The van der Waals surface area contributed by atoms with Crippen LogP contribution in [0, 0.1) is 5.92 Å². The van der Waals surface area contributed by atoms with E-state index in [1.807, 2.05) is 6.92 Å². The molecule has 4 nitrogen and oxygen atoms in total. The molecule has 0 saturated heterocycles. The summed E-state index contributed by atoms with van der Waals surface area (Å²) < 4.78 is 0. The second kappa shape index (κ2) is 7.74. The molecule has 106 valence electrons. The quantitative estimate of drug-likeness (QED) is 0.631. The molecule has 4 heteroatoms. The fraction of sp³-hybridized carbons (Fsp3) is 0.929. The lowest BCUT2D eigenvalue weighted by Gasteiger charge is -2.27. The predicted molar refractivity (Wildman–Crippen MR) is 73.1 cm³/mol. The van der Waals surface area contributed by atoms with Crippen LogP contribution in [0.3, 0.4) is 0 Å². The number of carbonyl (C=O) groups excluding carboxylic acids is 1. The fourth-order valence-corrected chi connectivity index (χ4v) is 2.54. The van der Waals surface area contributed by atoms with Crippen molar-refractivity contribution in [3.05, 3.63) is 0 Å². The Morgan fingerprint density at radius 3 is 2.50 bits per heavy atom. The van der Waals surface area contributed by atoms with Crippen molar-refractivity contribution in [2.24, 2.45) is 11.7 Å². The summed E-state index contributed by atoms with van der Waals surface area (Å²) in [6.45, 7) is 2.95. The second-order valence-corrected chi connectivity index (χ2v) is 5.69. The third-order valence-electron chi connectivity index (χ3n) is 3.91. The molecule has 4 N–H and O–H groups in total. The van der Waals surface area contributed by atoms with E-state index in [4.69, 9.17) is 5.73 Å². The third kappa shape index (κ3) is 5.36. The fourth-order valence-electron chi connectivity index (χ4n) is 2.54. The lowest BCUT2D eigenvalue weighted by molar-refractivity contribution is -0.126. The molecule has 1 atom stereocenters. The summed E-state index contributed by atoms with van der Waals surface area (Å²) in [5, 5.41) is 13.3. The van der Waals surface area contributed by atoms with Crippen LogP contribution in [-0.4, -0.2) is 29.7 Å². The molecule has 18 heavy (non-hydrogen) atoms. The van der Waals surface area contributed by atoms with Gasteiger partial charge in [-0.15, -0.1) is 0 Å². The molecule has 0 heterocycles. The van der Waals surface area contributed by atoms with Gasteiger partial charge in [-0.1, -0.05) is 32.6 Å². The van der Waals surface area contributed by atoms with Crippen LogP contribution in [0.5, 0.6) is 0 Å². The lowest BCUT2D eigenvalue weighted by atomic mass is 9.94. The zero-order chi connectivity index (χ0) is 13.4. The molecular weight excluding hydrogens is 228 g/mol. The number of hydrogen-bond donors (Lipinski definition) is 3. The van der Waals surface area contributed by atoms with Gasteiger partial charge in [0.15, 0.2) is 0 Å². The Bertz CT molecular complexity index is 248. The van der Waals surface area contributed by atoms with Crippen molar-refractivity contribution in [3.63, 3.8) is 0 Å². The van der Waals surface area contributed by atoms with Crippen molar-refractivity contribution in [2.75, 3.05) is 13.1 Å². The van der Waals surface area contributed by atoms with Crippen molar-refractivity contribution in [1.29, 1.82) is 0 Å². The minimum Gasteiger partial charge on any atom is -0.388 e. The Kier molecular flexibility index (Phi) is 6.65. The Balaban J connectivity index is 2.31. The number of amides is 1. The smallest absolute Gasteiger partial charge is 0.222 e. The van der Waals surface area contributed by atoms with E-state index in [9.17, 15) is 9.90 Å². The second-order valence-electron chi connectivity index (χ2n) is 5.69. The van der Waals surface area contributed by atoms with Crippen LogP contribution in [0.15, 0.2) is 0 Å². The van der Waals surface area contributed by atoms with Gasteiger partial charge >= 0.3 is 0 Å². The summed E-state index contributed by atoms with van der Waals surface area (Å²) in [7, 11) is 0. The summed E-state index contributed by atoms with van der Waals surface area (Å²) in [5.41, 5.74) is 4.75. The van der Waals surface area contributed by atoms with Crippen LogP contribution in [0.1, 0.15) is 58.3 Å². The minimum atomic E-state index is -0.681. The zero-order valence-electron chi connectivity index (χ0n) is 11.6. The molecule has 1 saturated carbocycles. The van der Waals surface area contributed by atoms with E-state index in [0.29, 0.717) is 13.1 Å². The van der Waals surface area contributed by atoms with Gasteiger partial charge in [-0.25, -0.2) is 0 Å². The van der Waals surface area contributed by atoms with Gasteiger partial charge in [0.05, 0.1) is 5.60 Å². The first kappa shape index (κ1) is 15.4. The van der Waals surface area contributed by atoms with Gasteiger partial charge in [-0.3, -0.25) is 4.79 Å². The first-order valence-electron chi connectivity index (χ1n) is 7.27. The van der Waals surface area contributed by atoms with E-state index in [0.717, 1.165) is 38.5 Å². The summed E-state index contributed by atoms with van der Waals surface area (Å²) in [4.78, 5) is 11.9. The largest absolute Gasteiger partial charge is 0.388 e. The Morgan fingerprint density at radius 1 is 1.33 bits per heavy atom. The van der Waals surface area contributed by atoms with Crippen LogP contribution in [0.25, 0.3) is 0 Å². The molecule has 1 aliphatic rings. The summed E-state index contributed by atoms with van der Waals surface area (Å²) in [6, 6.07) is 0. The molecule has 0 aromatic heterocycles. The summed E-state index contributed by atoms with van der Waals surface area (Å²) in [5.74, 6) is 0.0315. The molecule has 0 bridgehead atoms. The van der Waals surface area contributed by atoms with Gasteiger partial charge in [0, 0.05) is 12.5 Å². The number of rotatable bonds is 6.